The summed E-state index contributed by atoms with van der Waals surface area (Å²) >= 11 is 0. The normalized spacial score (nSPS) is 10.9. The van der Waals surface area contributed by atoms with Crippen LogP contribution in [0.4, 0.5) is 8.78 Å². The Morgan fingerprint density at radius 3 is 2.17 bits per heavy atom. The van der Waals surface area contributed by atoms with E-state index in [9.17, 15) is 8.78 Å². The van der Waals surface area contributed by atoms with Crippen molar-refractivity contribution in [2.24, 2.45) is 0 Å². The van der Waals surface area contributed by atoms with Crippen LogP contribution in [0.5, 0.6) is 0 Å². The summed E-state index contributed by atoms with van der Waals surface area (Å²) in [6.45, 7) is 3.94. The fourth-order valence-electron chi connectivity index (χ4n) is 2.04. The molecule has 0 heterocycles. The second-order valence-electron chi connectivity index (χ2n) is 4.48. The highest BCUT2D eigenvalue weighted by molar-refractivity contribution is 5.65. The lowest BCUT2D eigenvalue weighted by Crippen LogP contribution is -1.89. The third kappa shape index (κ3) is 2.76. The van der Waals surface area contributed by atoms with Gasteiger partial charge in [0.2, 0.25) is 0 Å². The van der Waals surface area contributed by atoms with Gasteiger partial charge >= 0.3 is 0 Å². The van der Waals surface area contributed by atoms with Crippen LogP contribution in [0.1, 0.15) is 30.0 Å². The van der Waals surface area contributed by atoms with Crippen molar-refractivity contribution in [3.8, 4) is 11.1 Å². The zero-order valence-corrected chi connectivity index (χ0v) is 10.6. The fourth-order valence-corrected chi connectivity index (χ4v) is 2.04. The number of halogens is 2. The molecule has 0 bridgehead atoms. The van der Waals surface area contributed by atoms with Crippen LogP contribution in [0.25, 0.3) is 11.1 Å². The minimum Gasteiger partial charge on any atom is -0.205 e. The van der Waals surface area contributed by atoms with Gasteiger partial charge in [-0.05, 0) is 36.1 Å². The van der Waals surface area contributed by atoms with Crippen LogP contribution in [-0.2, 0) is 6.42 Å². The van der Waals surface area contributed by atoms with Gasteiger partial charge in [0.15, 0.2) is 0 Å². The Morgan fingerprint density at radius 1 is 0.944 bits per heavy atom. The highest BCUT2D eigenvalue weighted by Gasteiger charge is 2.09. The zero-order chi connectivity index (χ0) is 13.1. The molecule has 2 heteroatoms. The van der Waals surface area contributed by atoms with E-state index in [0.29, 0.717) is 0 Å². The average Bonchev–Trinajstić information content (AvgIpc) is 2.38. The summed E-state index contributed by atoms with van der Waals surface area (Å²) < 4.78 is 25.5. The molecule has 0 spiro atoms. The topological polar surface area (TPSA) is 0 Å². The molecule has 0 aromatic heterocycles. The van der Waals surface area contributed by atoms with Crippen molar-refractivity contribution in [1.29, 1.82) is 0 Å². The van der Waals surface area contributed by atoms with Crippen LogP contribution in [0.15, 0.2) is 42.5 Å². The summed E-state index contributed by atoms with van der Waals surface area (Å²) in [4.78, 5) is 0. The van der Waals surface area contributed by atoms with E-state index in [0.717, 1.165) is 23.1 Å². The maximum Gasteiger partial charge on any atom is 0.263 e. The third-order valence-corrected chi connectivity index (χ3v) is 3.05. The Morgan fingerprint density at radius 2 is 1.61 bits per heavy atom. The molecule has 0 aliphatic rings. The molecule has 2 rings (SSSR count). The Hall–Kier alpha value is -1.70. The van der Waals surface area contributed by atoms with Crippen LogP contribution >= 0.6 is 0 Å². The Kier molecular flexibility index (Phi) is 3.75. The first-order valence-corrected chi connectivity index (χ1v) is 6.09. The molecule has 0 aliphatic carbocycles. The first kappa shape index (κ1) is 12.7. The fraction of sp³-hybridized carbons (Fsp3) is 0.250. The molecule has 0 N–H and O–H groups in total. The highest BCUT2D eigenvalue weighted by atomic mass is 19.3. The molecule has 0 saturated heterocycles. The van der Waals surface area contributed by atoms with Gasteiger partial charge in [-0.1, -0.05) is 48.9 Å². The standard InChI is InChI=1S/C16H16F2/c1-3-12-4-6-13(7-5-12)14-8-11(2)9-15(10-14)16(17)18/h4-10,16H,3H2,1-2H3. The van der Waals surface area contributed by atoms with Crippen molar-refractivity contribution >= 4 is 0 Å². The minimum absolute atomic E-state index is 0.0876. The van der Waals surface area contributed by atoms with Gasteiger partial charge in [0.1, 0.15) is 0 Å². The Bertz CT molecular complexity index is 527. The molecule has 94 valence electrons. The SMILES string of the molecule is CCc1ccc(-c2cc(C)cc(C(F)F)c2)cc1. The summed E-state index contributed by atoms with van der Waals surface area (Å²) in [5, 5.41) is 0. The van der Waals surface area contributed by atoms with Crippen LogP contribution in [0.2, 0.25) is 0 Å². The largest absolute Gasteiger partial charge is 0.263 e. The number of alkyl halides is 2. The predicted octanol–water partition coefficient (Wildman–Crippen LogP) is 5.16. The van der Waals surface area contributed by atoms with Crippen molar-refractivity contribution in [1.82, 2.24) is 0 Å². The Labute approximate surface area is 106 Å². The number of benzene rings is 2. The van der Waals surface area contributed by atoms with E-state index in [1.807, 2.05) is 37.3 Å². The summed E-state index contributed by atoms with van der Waals surface area (Å²) in [6.07, 6.45) is -1.44. The van der Waals surface area contributed by atoms with Gasteiger partial charge in [-0.2, -0.15) is 0 Å². The number of aryl methyl sites for hydroxylation is 2. The van der Waals surface area contributed by atoms with E-state index in [-0.39, 0.29) is 5.56 Å². The average molecular weight is 246 g/mol. The van der Waals surface area contributed by atoms with Crippen molar-refractivity contribution in [2.75, 3.05) is 0 Å². The van der Waals surface area contributed by atoms with Crippen LogP contribution in [0.3, 0.4) is 0 Å². The highest BCUT2D eigenvalue weighted by Crippen LogP contribution is 2.27. The molecule has 0 unspecified atom stereocenters. The number of rotatable bonds is 3. The van der Waals surface area contributed by atoms with Gasteiger partial charge in [0, 0.05) is 5.56 Å². The van der Waals surface area contributed by atoms with Crippen molar-refractivity contribution in [2.45, 2.75) is 26.7 Å². The molecule has 2 aromatic rings. The first-order valence-electron chi connectivity index (χ1n) is 6.09. The minimum atomic E-state index is -2.42. The quantitative estimate of drug-likeness (QED) is 0.701. The molecule has 0 radical (unpaired) electrons. The summed E-state index contributed by atoms with van der Waals surface area (Å²) in [6, 6.07) is 13.1. The van der Waals surface area contributed by atoms with E-state index in [1.54, 1.807) is 6.07 Å². The van der Waals surface area contributed by atoms with E-state index in [1.165, 1.54) is 11.6 Å². The molecule has 0 aliphatic heterocycles. The molecule has 0 atom stereocenters. The molecule has 0 amide bonds. The van der Waals surface area contributed by atoms with Gasteiger partial charge in [-0.15, -0.1) is 0 Å². The predicted molar refractivity (Wildman–Crippen MR) is 71.0 cm³/mol. The van der Waals surface area contributed by atoms with E-state index >= 15 is 0 Å². The van der Waals surface area contributed by atoms with Crippen molar-refractivity contribution in [3.05, 3.63) is 59.2 Å². The van der Waals surface area contributed by atoms with Gasteiger partial charge < -0.3 is 0 Å². The lowest BCUT2D eigenvalue weighted by atomic mass is 9.99. The molecular weight excluding hydrogens is 230 g/mol. The van der Waals surface area contributed by atoms with Crippen LogP contribution in [0, 0.1) is 6.92 Å². The molecule has 0 saturated carbocycles. The number of hydrogen-bond donors (Lipinski definition) is 0. The maximum absolute atomic E-state index is 12.8. The second kappa shape index (κ2) is 5.30. The van der Waals surface area contributed by atoms with Gasteiger partial charge in [0.05, 0.1) is 0 Å². The molecule has 0 nitrogen and oxygen atoms in total. The lowest BCUT2D eigenvalue weighted by Gasteiger charge is -2.08. The number of hydrogen-bond acceptors (Lipinski definition) is 0. The molecular formula is C16H16F2. The molecule has 18 heavy (non-hydrogen) atoms. The smallest absolute Gasteiger partial charge is 0.205 e. The summed E-state index contributed by atoms with van der Waals surface area (Å²) in [7, 11) is 0. The zero-order valence-electron chi connectivity index (χ0n) is 10.6. The van der Waals surface area contributed by atoms with Gasteiger partial charge in [-0.3, -0.25) is 0 Å². The van der Waals surface area contributed by atoms with Crippen LogP contribution < -0.4 is 0 Å². The maximum atomic E-state index is 12.8. The van der Waals surface area contributed by atoms with Crippen molar-refractivity contribution in [3.63, 3.8) is 0 Å². The summed E-state index contributed by atoms with van der Waals surface area (Å²) in [5.74, 6) is 0. The second-order valence-corrected chi connectivity index (χ2v) is 4.48. The van der Waals surface area contributed by atoms with Gasteiger partial charge in [0.25, 0.3) is 6.43 Å². The molecule has 2 aromatic carbocycles. The van der Waals surface area contributed by atoms with E-state index in [4.69, 9.17) is 0 Å². The lowest BCUT2D eigenvalue weighted by molar-refractivity contribution is 0.151. The van der Waals surface area contributed by atoms with Gasteiger partial charge in [-0.25, -0.2) is 8.78 Å². The van der Waals surface area contributed by atoms with Crippen LogP contribution in [-0.4, -0.2) is 0 Å². The summed E-state index contributed by atoms with van der Waals surface area (Å²) in [5.41, 5.74) is 4.04. The van der Waals surface area contributed by atoms with E-state index < -0.39 is 6.43 Å². The Balaban J connectivity index is 2.42. The molecule has 0 fully saturated rings. The monoisotopic (exact) mass is 246 g/mol. The van der Waals surface area contributed by atoms with Crippen molar-refractivity contribution < 1.29 is 8.78 Å². The third-order valence-electron chi connectivity index (χ3n) is 3.05. The first-order chi connectivity index (χ1) is 8.60. The van der Waals surface area contributed by atoms with E-state index in [2.05, 4.69) is 6.92 Å².